The van der Waals surface area contributed by atoms with Crippen molar-refractivity contribution in [2.75, 3.05) is 5.32 Å². The van der Waals surface area contributed by atoms with Gasteiger partial charge in [-0.25, -0.2) is 0 Å². The first-order chi connectivity index (χ1) is 11.9. The summed E-state index contributed by atoms with van der Waals surface area (Å²) in [5.74, 6) is 0.790. The third-order valence-corrected chi connectivity index (χ3v) is 4.96. The number of aromatic nitrogens is 3. The maximum Gasteiger partial charge on any atom is 0.228 e. The van der Waals surface area contributed by atoms with Gasteiger partial charge in [0.25, 0.3) is 0 Å². The molecule has 0 radical (unpaired) electrons. The third kappa shape index (κ3) is 2.28. The summed E-state index contributed by atoms with van der Waals surface area (Å²) in [6, 6.07) is 4.14. The van der Waals surface area contributed by atoms with E-state index >= 15 is 0 Å². The predicted molar refractivity (Wildman–Crippen MR) is 95.4 cm³/mol. The summed E-state index contributed by atoms with van der Waals surface area (Å²) >= 11 is 0. The number of rotatable bonds is 2. The minimum Gasteiger partial charge on any atom is -0.361 e. The van der Waals surface area contributed by atoms with E-state index in [1.807, 2.05) is 38.6 Å². The van der Waals surface area contributed by atoms with Crippen molar-refractivity contribution in [2.24, 2.45) is 7.05 Å². The van der Waals surface area contributed by atoms with Crippen LogP contribution in [0.15, 0.2) is 16.7 Å². The lowest BCUT2D eigenvalue weighted by Gasteiger charge is -2.12. The predicted octanol–water partition coefficient (Wildman–Crippen LogP) is 3.47. The molecular formula is C19H20N4O2. The van der Waals surface area contributed by atoms with Gasteiger partial charge in [0.15, 0.2) is 0 Å². The molecule has 0 unspecified atom stereocenters. The quantitative estimate of drug-likeness (QED) is 0.778. The summed E-state index contributed by atoms with van der Waals surface area (Å²) in [4.78, 5) is 12.0. The fourth-order valence-electron chi connectivity index (χ4n) is 3.75. The molecule has 0 atom stereocenters. The molecule has 0 bridgehead atoms. The number of nitrogens with zero attached hydrogens (tertiary/aromatic N) is 3. The smallest absolute Gasteiger partial charge is 0.228 e. The number of fused-ring (bicyclic) bond motifs is 1. The Bertz CT molecular complexity index is 1010. The minimum absolute atomic E-state index is 0.0198. The molecule has 3 aromatic rings. The third-order valence-electron chi connectivity index (χ3n) is 4.96. The Hall–Kier alpha value is -2.89. The van der Waals surface area contributed by atoms with Crippen LogP contribution < -0.4 is 5.32 Å². The van der Waals surface area contributed by atoms with Crippen LogP contribution in [0.25, 0.3) is 22.3 Å². The highest BCUT2D eigenvalue weighted by molar-refractivity contribution is 6.03. The topological polar surface area (TPSA) is 73.0 Å². The van der Waals surface area contributed by atoms with Crippen molar-refractivity contribution >= 4 is 11.6 Å². The van der Waals surface area contributed by atoms with Crippen molar-refractivity contribution in [3.05, 3.63) is 40.5 Å². The number of amides is 1. The molecule has 1 amide bonds. The van der Waals surface area contributed by atoms with E-state index < -0.39 is 0 Å². The van der Waals surface area contributed by atoms with Gasteiger partial charge >= 0.3 is 0 Å². The molecule has 1 aliphatic rings. The van der Waals surface area contributed by atoms with Crippen LogP contribution in [0, 0.1) is 27.7 Å². The highest BCUT2D eigenvalue weighted by Crippen LogP contribution is 2.41. The molecule has 1 aliphatic heterocycles. The van der Waals surface area contributed by atoms with Crippen molar-refractivity contribution < 1.29 is 9.32 Å². The molecule has 0 fully saturated rings. The van der Waals surface area contributed by atoms with Gasteiger partial charge in [-0.3, -0.25) is 9.48 Å². The molecule has 0 saturated heterocycles. The van der Waals surface area contributed by atoms with Gasteiger partial charge in [0, 0.05) is 29.6 Å². The van der Waals surface area contributed by atoms with Crippen LogP contribution >= 0.6 is 0 Å². The number of hydrogen-bond donors (Lipinski definition) is 1. The van der Waals surface area contributed by atoms with Gasteiger partial charge in [0.05, 0.1) is 17.8 Å². The zero-order chi connectivity index (χ0) is 17.9. The molecule has 128 valence electrons. The number of carbonyl (C=O) groups excluding carboxylic acids is 1. The maximum absolute atomic E-state index is 12.0. The van der Waals surface area contributed by atoms with Gasteiger partial charge in [0.2, 0.25) is 5.91 Å². The van der Waals surface area contributed by atoms with Gasteiger partial charge in [-0.15, -0.1) is 0 Å². The largest absolute Gasteiger partial charge is 0.361 e. The van der Waals surface area contributed by atoms with E-state index in [1.54, 1.807) is 0 Å². The van der Waals surface area contributed by atoms with Crippen molar-refractivity contribution in [1.29, 1.82) is 0 Å². The van der Waals surface area contributed by atoms with Crippen LogP contribution in [0.2, 0.25) is 0 Å². The second kappa shape index (κ2) is 5.31. The Balaban J connectivity index is 2.03. The van der Waals surface area contributed by atoms with Crippen molar-refractivity contribution in [1.82, 2.24) is 14.9 Å². The van der Waals surface area contributed by atoms with E-state index in [9.17, 15) is 4.79 Å². The summed E-state index contributed by atoms with van der Waals surface area (Å²) in [5.41, 5.74) is 8.87. The van der Waals surface area contributed by atoms with E-state index in [0.717, 1.165) is 56.3 Å². The molecule has 4 rings (SSSR count). The van der Waals surface area contributed by atoms with E-state index in [2.05, 4.69) is 28.6 Å². The van der Waals surface area contributed by atoms with Crippen LogP contribution in [0.5, 0.6) is 0 Å². The van der Waals surface area contributed by atoms with E-state index in [-0.39, 0.29) is 5.91 Å². The summed E-state index contributed by atoms with van der Waals surface area (Å²) in [6.45, 7) is 7.88. The number of benzene rings is 1. The molecule has 1 aromatic carbocycles. The molecule has 25 heavy (non-hydrogen) atoms. The molecule has 2 aromatic heterocycles. The molecule has 6 heteroatoms. The van der Waals surface area contributed by atoms with Gasteiger partial charge in [-0.1, -0.05) is 5.16 Å². The average Bonchev–Trinajstić information content (AvgIpc) is 3.15. The molecule has 0 saturated carbocycles. The van der Waals surface area contributed by atoms with Gasteiger partial charge < -0.3 is 9.84 Å². The summed E-state index contributed by atoms with van der Waals surface area (Å²) in [6.07, 6.45) is 0.389. The fourth-order valence-corrected chi connectivity index (χ4v) is 3.75. The molecule has 0 aliphatic carbocycles. The Morgan fingerprint density at radius 1 is 1.12 bits per heavy atom. The normalized spacial score (nSPS) is 13.2. The zero-order valence-electron chi connectivity index (χ0n) is 15.0. The number of nitrogens with one attached hydrogen (secondary N) is 1. The Morgan fingerprint density at radius 3 is 2.48 bits per heavy atom. The number of aryl methyl sites for hydroxylation is 4. The lowest BCUT2D eigenvalue weighted by Crippen LogP contribution is -2.03. The average molecular weight is 336 g/mol. The fraction of sp³-hybridized carbons (Fsp3) is 0.316. The monoisotopic (exact) mass is 336 g/mol. The van der Waals surface area contributed by atoms with Crippen LogP contribution in [-0.2, 0) is 18.3 Å². The number of anilines is 1. The molecule has 6 nitrogen and oxygen atoms in total. The van der Waals surface area contributed by atoms with E-state index in [1.165, 1.54) is 0 Å². The minimum atomic E-state index is 0.0198. The lowest BCUT2D eigenvalue weighted by molar-refractivity contribution is -0.115. The second-order valence-electron chi connectivity index (χ2n) is 6.64. The van der Waals surface area contributed by atoms with Crippen molar-refractivity contribution in [2.45, 2.75) is 34.1 Å². The van der Waals surface area contributed by atoms with Crippen molar-refractivity contribution in [3.63, 3.8) is 0 Å². The second-order valence-corrected chi connectivity index (χ2v) is 6.64. The molecule has 3 heterocycles. The highest BCUT2D eigenvalue weighted by Gasteiger charge is 2.26. The molecule has 0 spiro atoms. The lowest BCUT2D eigenvalue weighted by atomic mass is 9.91. The van der Waals surface area contributed by atoms with Gasteiger partial charge in [0.1, 0.15) is 5.76 Å². The maximum atomic E-state index is 12.0. The van der Waals surface area contributed by atoms with Gasteiger partial charge in [-0.2, -0.15) is 5.10 Å². The summed E-state index contributed by atoms with van der Waals surface area (Å²) < 4.78 is 7.21. The van der Waals surface area contributed by atoms with Gasteiger partial charge in [-0.05, 0) is 56.5 Å². The van der Waals surface area contributed by atoms with E-state index in [0.29, 0.717) is 6.42 Å². The number of carbonyl (C=O) groups is 1. The van der Waals surface area contributed by atoms with Crippen LogP contribution in [0.4, 0.5) is 5.69 Å². The first-order valence-corrected chi connectivity index (χ1v) is 8.27. The Labute approximate surface area is 145 Å². The van der Waals surface area contributed by atoms with Crippen LogP contribution in [0.1, 0.15) is 28.4 Å². The standard InChI is InChI=1S/C19H20N4O2/c1-9-18(11(3)23(5)21-9)15-6-13(19-10(2)22-25-12(19)4)7-16-14(15)8-17(24)20-16/h6-7H,8H2,1-5H3,(H,20,24). The molecule has 1 N–H and O–H groups in total. The SMILES string of the molecule is Cc1noc(C)c1-c1cc2c(c(-c3c(C)nn(C)c3C)c1)CC(=O)N2. The van der Waals surface area contributed by atoms with Crippen LogP contribution in [-0.4, -0.2) is 20.8 Å². The van der Waals surface area contributed by atoms with E-state index in [4.69, 9.17) is 4.52 Å². The molecular weight excluding hydrogens is 316 g/mol. The van der Waals surface area contributed by atoms with Crippen molar-refractivity contribution in [3.8, 4) is 22.3 Å². The summed E-state index contributed by atoms with van der Waals surface area (Å²) in [7, 11) is 1.94. The Morgan fingerprint density at radius 2 is 1.88 bits per heavy atom. The highest BCUT2D eigenvalue weighted by atomic mass is 16.5. The first kappa shape index (κ1) is 15.6. The first-order valence-electron chi connectivity index (χ1n) is 8.27. The van der Waals surface area contributed by atoms with Crippen LogP contribution in [0.3, 0.4) is 0 Å². The zero-order valence-corrected chi connectivity index (χ0v) is 15.0. The number of hydrogen-bond acceptors (Lipinski definition) is 4. The summed E-state index contributed by atoms with van der Waals surface area (Å²) in [5, 5.41) is 11.6. The Kier molecular flexibility index (Phi) is 3.32.